The molecule has 0 aromatic heterocycles. The number of ether oxygens (including phenoxy) is 1. The Bertz CT molecular complexity index is 926. The van der Waals surface area contributed by atoms with Gasteiger partial charge in [-0.1, -0.05) is 43.5 Å². The number of hydrogen-bond donors (Lipinski definition) is 0. The average molecular weight is 467 g/mol. The van der Waals surface area contributed by atoms with Crippen LogP contribution in [-0.2, 0) is 9.54 Å². The molecular weight excluding hydrogens is 428 g/mol. The maximum Gasteiger partial charge on any atom is 0.247 e. The van der Waals surface area contributed by atoms with Crippen LogP contribution in [-0.4, -0.2) is 44.1 Å². The highest BCUT2D eigenvalue weighted by molar-refractivity contribution is 8.01. The Labute approximate surface area is 203 Å². The quantitative estimate of drug-likeness (QED) is 0.396. The first-order valence-electron chi connectivity index (χ1n) is 12.5. The van der Waals surface area contributed by atoms with Crippen molar-refractivity contribution >= 4 is 23.4 Å². The number of carbonyl (C=O) groups excluding carboxylic acids is 1. The summed E-state index contributed by atoms with van der Waals surface area (Å²) in [5, 5.41) is 0. The van der Waals surface area contributed by atoms with Gasteiger partial charge in [-0.2, -0.15) is 0 Å². The topological polar surface area (TPSA) is 32.8 Å². The molecule has 178 valence electrons. The fraction of sp³-hybridized carbons (Fsp3) is 0.536. The van der Waals surface area contributed by atoms with Gasteiger partial charge >= 0.3 is 0 Å². The van der Waals surface area contributed by atoms with Gasteiger partial charge < -0.3 is 14.5 Å². The predicted octanol–water partition coefficient (Wildman–Crippen LogP) is 6.48. The monoisotopic (exact) mass is 466 g/mol. The second kappa shape index (κ2) is 11.0. The summed E-state index contributed by atoms with van der Waals surface area (Å²) in [6.07, 6.45) is 10.5. The summed E-state index contributed by atoms with van der Waals surface area (Å²) in [5.74, 6) is 0.988. The number of anilines is 1. The Kier molecular flexibility index (Phi) is 8.02. The van der Waals surface area contributed by atoms with Gasteiger partial charge in [0.2, 0.25) is 5.91 Å². The number of rotatable bonds is 9. The molecule has 1 fully saturated rings. The molecule has 0 N–H and O–H groups in total. The fourth-order valence-corrected chi connectivity index (χ4v) is 6.47. The Balaban J connectivity index is 1.24. The van der Waals surface area contributed by atoms with Crippen LogP contribution in [0.1, 0.15) is 63.9 Å². The number of benzene rings is 2. The minimum atomic E-state index is -0.633. The zero-order valence-corrected chi connectivity index (χ0v) is 21.2. The lowest BCUT2D eigenvalue weighted by atomic mass is 9.94. The first kappa shape index (κ1) is 24.2. The highest BCUT2D eigenvalue weighted by atomic mass is 32.2. The largest absolute Gasteiger partial charge is 0.494 e. The van der Waals surface area contributed by atoms with E-state index >= 15 is 0 Å². The number of unbranched alkanes of at least 4 members (excludes halogenated alkanes) is 2. The molecule has 1 saturated carbocycles. The number of carbonyl (C=O) groups is 1. The molecule has 0 spiro atoms. The maximum atomic E-state index is 13.2. The lowest BCUT2D eigenvalue weighted by Crippen LogP contribution is -2.44. The summed E-state index contributed by atoms with van der Waals surface area (Å²) in [6.45, 7) is 3.96. The van der Waals surface area contributed by atoms with Crippen molar-refractivity contribution in [2.75, 3.05) is 32.1 Å². The molecule has 1 unspecified atom stereocenters. The van der Waals surface area contributed by atoms with E-state index in [0.29, 0.717) is 0 Å². The van der Waals surface area contributed by atoms with Gasteiger partial charge in [0.05, 0.1) is 12.3 Å². The van der Waals surface area contributed by atoms with Crippen molar-refractivity contribution in [2.24, 2.45) is 0 Å². The Morgan fingerprint density at radius 2 is 1.76 bits per heavy atom. The highest BCUT2D eigenvalue weighted by Crippen LogP contribution is 2.50. The molecule has 2 aromatic rings. The van der Waals surface area contributed by atoms with Gasteiger partial charge in [-0.25, -0.2) is 0 Å². The Hall–Kier alpha value is -1.98. The molecule has 0 radical (unpaired) electrons. The minimum Gasteiger partial charge on any atom is -0.494 e. The predicted molar refractivity (Wildman–Crippen MR) is 138 cm³/mol. The molecule has 2 aliphatic rings. The fourth-order valence-electron chi connectivity index (χ4n) is 5.10. The molecule has 2 aromatic carbocycles. The summed E-state index contributed by atoms with van der Waals surface area (Å²) in [4.78, 5) is 18.7. The van der Waals surface area contributed by atoms with Gasteiger partial charge in [0.15, 0.2) is 0 Å². The molecule has 1 atom stereocenters. The van der Waals surface area contributed by atoms with E-state index in [9.17, 15) is 4.79 Å². The number of fused-ring (bicyclic) bond motifs is 1. The summed E-state index contributed by atoms with van der Waals surface area (Å²) in [5.41, 5.74) is 1.99. The van der Waals surface area contributed by atoms with Crippen LogP contribution in [0.25, 0.3) is 0 Å². The minimum absolute atomic E-state index is 0.109. The molecule has 1 amide bonds. The number of para-hydroxylation sites is 1. The van der Waals surface area contributed by atoms with Crippen LogP contribution < -0.4 is 9.64 Å². The molecule has 0 bridgehead atoms. The summed E-state index contributed by atoms with van der Waals surface area (Å²) >= 11 is 1.63. The van der Waals surface area contributed by atoms with E-state index in [1.807, 2.05) is 56.4 Å². The van der Waals surface area contributed by atoms with Gasteiger partial charge in [0.1, 0.15) is 10.5 Å². The average Bonchev–Trinajstić information content (AvgIpc) is 2.85. The highest BCUT2D eigenvalue weighted by Gasteiger charge is 2.43. The van der Waals surface area contributed by atoms with Crippen molar-refractivity contribution in [3.63, 3.8) is 0 Å². The van der Waals surface area contributed by atoms with E-state index in [0.717, 1.165) is 41.0 Å². The van der Waals surface area contributed by atoms with Gasteiger partial charge in [-0.15, -0.1) is 11.8 Å². The second-order valence-corrected chi connectivity index (χ2v) is 11.1. The van der Waals surface area contributed by atoms with Crippen LogP contribution in [0, 0.1) is 0 Å². The zero-order chi connectivity index (χ0) is 23.3. The number of hydrogen-bond acceptors (Lipinski definition) is 4. The molecule has 5 heteroatoms. The van der Waals surface area contributed by atoms with Crippen molar-refractivity contribution in [2.45, 2.75) is 74.0 Å². The van der Waals surface area contributed by atoms with Crippen LogP contribution >= 0.6 is 11.8 Å². The maximum absolute atomic E-state index is 13.2. The standard InChI is InChI=1S/C28H38N2O2S/c1-28(27(31)30(3)25-14-8-9-15-26(25)33-28)22-16-18-24(19-17-22)32-21-11-5-10-20-29(2)23-12-6-4-7-13-23/h8-9,14-19,23H,4-7,10-13,20-21H2,1-3H3. The molecule has 1 aliphatic heterocycles. The molecule has 33 heavy (non-hydrogen) atoms. The Morgan fingerprint density at radius 3 is 2.52 bits per heavy atom. The van der Waals surface area contributed by atoms with Crippen LogP contribution in [0.3, 0.4) is 0 Å². The number of nitrogens with zero attached hydrogens (tertiary/aromatic N) is 2. The zero-order valence-electron chi connectivity index (χ0n) is 20.4. The van der Waals surface area contributed by atoms with Crippen LogP contribution in [0.2, 0.25) is 0 Å². The van der Waals surface area contributed by atoms with E-state index in [-0.39, 0.29) is 5.91 Å². The lowest BCUT2D eigenvalue weighted by Gasteiger charge is -2.38. The second-order valence-electron chi connectivity index (χ2n) is 9.67. The van der Waals surface area contributed by atoms with E-state index < -0.39 is 4.75 Å². The number of likely N-dealkylation sites (N-methyl/N-ethyl adjacent to an activating group) is 1. The van der Waals surface area contributed by atoms with E-state index in [1.165, 1.54) is 51.5 Å². The van der Waals surface area contributed by atoms with Crippen molar-refractivity contribution in [1.29, 1.82) is 0 Å². The Morgan fingerprint density at radius 1 is 1.03 bits per heavy atom. The molecule has 4 nitrogen and oxygen atoms in total. The van der Waals surface area contributed by atoms with Gasteiger partial charge in [-0.3, -0.25) is 4.79 Å². The van der Waals surface area contributed by atoms with Crippen LogP contribution in [0.15, 0.2) is 53.4 Å². The first-order chi connectivity index (χ1) is 16.0. The molecular formula is C28H38N2O2S. The SMILES string of the molecule is CN1C(=O)C(C)(c2ccc(OCCCCCN(C)C3CCCCC3)cc2)Sc2ccccc21. The number of amides is 1. The third-order valence-electron chi connectivity index (χ3n) is 7.28. The molecule has 1 aliphatic carbocycles. The normalized spacial score (nSPS) is 21.3. The van der Waals surface area contributed by atoms with Gasteiger partial charge in [0.25, 0.3) is 0 Å². The molecule has 0 saturated heterocycles. The van der Waals surface area contributed by atoms with Gasteiger partial charge in [-0.05, 0) is 82.4 Å². The molecule has 4 rings (SSSR count). The van der Waals surface area contributed by atoms with Crippen LogP contribution in [0.5, 0.6) is 5.75 Å². The smallest absolute Gasteiger partial charge is 0.247 e. The van der Waals surface area contributed by atoms with E-state index in [4.69, 9.17) is 4.74 Å². The van der Waals surface area contributed by atoms with E-state index in [1.54, 1.807) is 16.7 Å². The third kappa shape index (κ3) is 5.58. The van der Waals surface area contributed by atoms with Crippen molar-refractivity contribution in [1.82, 2.24) is 4.90 Å². The summed E-state index contributed by atoms with van der Waals surface area (Å²) < 4.78 is 5.36. The third-order valence-corrected chi connectivity index (χ3v) is 8.66. The molecule has 1 heterocycles. The van der Waals surface area contributed by atoms with E-state index in [2.05, 4.69) is 18.0 Å². The van der Waals surface area contributed by atoms with Crippen LogP contribution in [0.4, 0.5) is 5.69 Å². The van der Waals surface area contributed by atoms with Crippen molar-refractivity contribution < 1.29 is 9.53 Å². The van der Waals surface area contributed by atoms with Crippen molar-refractivity contribution in [3.8, 4) is 5.75 Å². The number of thioether (sulfide) groups is 1. The first-order valence-corrected chi connectivity index (χ1v) is 13.3. The van der Waals surface area contributed by atoms with Gasteiger partial charge in [0, 0.05) is 18.0 Å². The lowest BCUT2D eigenvalue weighted by molar-refractivity contribution is -0.120. The summed E-state index contributed by atoms with van der Waals surface area (Å²) in [7, 11) is 4.16. The van der Waals surface area contributed by atoms with Crippen molar-refractivity contribution in [3.05, 3.63) is 54.1 Å². The summed E-state index contributed by atoms with van der Waals surface area (Å²) in [6, 6.07) is 17.0.